The zero-order valence-corrected chi connectivity index (χ0v) is 17.3. The summed E-state index contributed by atoms with van der Waals surface area (Å²) in [5.41, 5.74) is 2.04. The van der Waals surface area contributed by atoms with Gasteiger partial charge in [-0.05, 0) is 43.5 Å². The maximum absolute atomic E-state index is 12.4. The zero-order valence-electron chi connectivity index (χ0n) is 14.9. The van der Waals surface area contributed by atoms with Crippen molar-refractivity contribution in [2.45, 2.75) is 50.7 Å². The Kier molecular flexibility index (Phi) is 5.93. The highest BCUT2D eigenvalue weighted by Crippen LogP contribution is 2.23. The van der Waals surface area contributed by atoms with Gasteiger partial charge in [-0.3, -0.25) is 9.69 Å². The molecule has 0 fully saturated rings. The second-order valence-electron chi connectivity index (χ2n) is 6.04. The minimum Gasteiger partial charge on any atom is -0.290 e. The van der Waals surface area contributed by atoms with E-state index >= 15 is 0 Å². The van der Waals surface area contributed by atoms with Crippen molar-refractivity contribution in [3.8, 4) is 0 Å². The molecule has 0 aromatic carbocycles. The molecule has 0 saturated heterocycles. The van der Waals surface area contributed by atoms with Crippen LogP contribution < -0.4 is 5.56 Å². The minimum atomic E-state index is -0.104. The van der Waals surface area contributed by atoms with Gasteiger partial charge in [-0.25, -0.2) is 4.98 Å². The van der Waals surface area contributed by atoms with E-state index in [2.05, 4.69) is 47.2 Å². The Morgan fingerprint density at radius 2 is 2.20 bits per heavy atom. The lowest BCUT2D eigenvalue weighted by Crippen LogP contribution is -2.32. The van der Waals surface area contributed by atoms with Crippen molar-refractivity contribution in [2.75, 3.05) is 6.26 Å². The number of hydrogen-bond donors (Lipinski definition) is 0. The summed E-state index contributed by atoms with van der Waals surface area (Å²) in [5, 5.41) is 6.42. The number of rotatable bonds is 7. The number of aryl methyl sites for hydroxylation is 1. The molecule has 134 valence electrons. The molecule has 3 aromatic rings. The zero-order chi connectivity index (χ0) is 18.0. The summed E-state index contributed by atoms with van der Waals surface area (Å²) in [5.74, 6) is 0. The predicted octanol–water partition coefficient (Wildman–Crippen LogP) is 4.04. The average molecular weight is 395 g/mol. The third-order valence-electron chi connectivity index (χ3n) is 4.35. The van der Waals surface area contributed by atoms with E-state index in [1.165, 1.54) is 38.1 Å². The minimum absolute atomic E-state index is 0.104. The van der Waals surface area contributed by atoms with Gasteiger partial charge in [0.25, 0.3) is 5.56 Å². The molecule has 0 saturated carbocycles. The lowest BCUT2D eigenvalue weighted by atomic mass is 10.2. The summed E-state index contributed by atoms with van der Waals surface area (Å²) in [6, 6.07) is 4.20. The van der Waals surface area contributed by atoms with Gasteiger partial charge in [0.15, 0.2) is 4.34 Å². The van der Waals surface area contributed by atoms with E-state index in [1.54, 1.807) is 17.4 Å². The molecule has 1 atom stereocenters. The lowest BCUT2D eigenvalue weighted by molar-refractivity contribution is 0.185. The van der Waals surface area contributed by atoms with Crippen LogP contribution >= 0.6 is 34.4 Å². The van der Waals surface area contributed by atoms with E-state index < -0.39 is 0 Å². The summed E-state index contributed by atoms with van der Waals surface area (Å²) in [4.78, 5) is 21.5. The largest absolute Gasteiger partial charge is 0.290 e. The molecular formula is C17H22N4OS3. The highest BCUT2D eigenvalue weighted by molar-refractivity contribution is 8.00. The smallest absolute Gasteiger partial charge is 0.275 e. The van der Waals surface area contributed by atoms with Gasteiger partial charge in [0.2, 0.25) is 4.96 Å². The molecule has 0 aliphatic heterocycles. The molecule has 0 aliphatic rings. The van der Waals surface area contributed by atoms with Crippen molar-refractivity contribution in [3.63, 3.8) is 0 Å². The lowest BCUT2D eigenvalue weighted by Gasteiger charge is -2.27. The van der Waals surface area contributed by atoms with E-state index in [4.69, 9.17) is 0 Å². The third-order valence-corrected chi connectivity index (χ3v) is 7.24. The maximum Gasteiger partial charge on any atom is 0.275 e. The molecule has 3 rings (SSSR count). The maximum atomic E-state index is 12.4. The Morgan fingerprint density at radius 3 is 2.84 bits per heavy atom. The van der Waals surface area contributed by atoms with Gasteiger partial charge in [-0.2, -0.15) is 4.52 Å². The van der Waals surface area contributed by atoms with Gasteiger partial charge in [0.1, 0.15) is 0 Å². The van der Waals surface area contributed by atoms with Crippen LogP contribution in [0.4, 0.5) is 0 Å². The molecular weight excluding hydrogens is 372 g/mol. The van der Waals surface area contributed by atoms with E-state index in [9.17, 15) is 4.79 Å². The molecule has 5 nitrogen and oxygen atoms in total. The second-order valence-corrected chi connectivity index (χ2v) is 9.05. The van der Waals surface area contributed by atoms with Crippen LogP contribution in [0.5, 0.6) is 0 Å². The first-order valence-corrected chi connectivity index (χ1v) is 11.1. The van der Waals surface area contributed by atoms with E-state index in [0.717, 1.165) is 23.0 Å². The number of hydrogen-bond acceptors (Lipinski definition) is 7. The first-order chi connectivity index (χ1) is 12.0. The quantitative estimate of drug-likeness (QED) is 0.566. The normalized spacial score (nSPS) is 13.0. The molecule has 25 heavy (non-hydrogen) atoms. The van der Waals surface area contributed by atoms with Crippen molar-refractivity contribution in [2.24, 2.45) is 0 Å². The van der Waals surface area contributed by atoms with Gasteiger partial charge in [-0.1, -0.05) is 30.0 Å². The Hall–Kier alpha value is -1.22. The van der Waals surface area contributed by atoms with Crippen LogP contribution in [-0.4, -0.2) is 31.8 Å². The van der Waals surface area contributed by atoms with Gasteiger partial charge in [0, 0.05) is 30.1 Å². The Morgan fingerprint density at radius 1 is 1.40 bits per heavy atom. The van der Waals surface area contributed by atoms with Crippen LogP contribution in [0.1, 0.15) is 36.4 Å². The van der Waals surface area contributed by atoms with Gasteiger partial charge >= 0.3 is 0 Å². The van der Waals surface area contributed by atoms with Gasteiger partial charge < -0.3 is 0 Å². The van der Waals surface area contributed by atoms with Crippen LogP contribution in [0.25, 0.3) is 4.96 Å². The highest BCUT2D eigenvalue weighted by Gasteiger charge is 2.17. The van der Waals surface area contributed by atoms with Gasteiger partial charge in [-0.15, -0.1) is 16.4 Å². The summed E-state index contributed by atoms with van der Waals surface area (Å²) >= 11 is 4.79. The highest BCUT2D eigenvalue weighted by atomic mass is 32.2. The first-order valence-electron chi connectivity index (χ1n) is 8.22. The Balaban J connectivity index is 1.89. The number of aromatic nitrogens is 3. The molecule has 0 amide bonds. The topological polar surface area (TPSA) is 50.5 Å². The van der Waals surface area contributed by atoms with Crippen molar-refractivity contribution in [3.05, 3.63) is 44.0 Å². The van der Waals surface area contributed by atoms with E-state index in [-0.39, 0.29) is 5.56 Å². The van der Waals surface area contributed by atoms with Crippen LogP contribution in [0.3, 0.4) is 0 Å². The fourth-order valence-electron chi connectivity index (χ4n) is 2.59. The summed E-state index contributed by atoms with van der Waals surface area (Å²) in [6.07, 6.45) is 3.01. The SMILES string of the molecule is CCC(C)N(Cc1cc(=O)n2nc(SC)sc2n1)Cc1sccc1C. The molecule has 8 heteroatoms. The molecule has 0 N–H and O–H groups in total. The fourth-order valence-corrected chi connectivity index (χ4v) is 4.90. The molecule has 3 heterocycles. The van der Waals surface area contributed by atoms with Crippen LogP contribution in [-0.2, 0) is 13.1 Å². The number of thiophene rings is 1. The molecule has 3 aromatic heterocycles. The van der Waals surface area contributed by atoms with Crippen molar-refractivity contribution in [1.29, 1.82) is 0 Å². The molecule has 0 bridgehead atoms. The Labute approximate surface area is 159 Å². The molecule has 0 aliphatic carbocycles. The second kappa shape index (κ2) is 7.99. The number of thioether (sulfide) groups is 1. The monoisotopic (exact) mass is 394 g/mol. The summed E-state index contributed by atoms with van der Waals surface area (Å²) in [6.45, 7) is 8.13. The van der Waals surface area contributed by atoms with E-state index in [1.807, 2.05) is 6.26 Å². The van der Waals surface area contributed by atoms with Crippen LogP contribution in [0, 0.1) is 6.92 Å². The number of fused-ring (bicyclic) bond motifs is 1. The Bertz CT molecular complexity index is 914. The van der Waals surface area contributed by atoms with Crippen LogP contribution in [0.2, 0.25) is 0 Å². The first kappa shape index (κ1) is 18.6. The van der Waals surface area contributed by atoms with Crippen molar-refractivity contribution < 1.29 is 0 Å². The average Bonchev–Trinajstić information content (AvgIpc) is 3.20. The van der Waals surface area contributed by atoms with E-state index in [0.29, 0.717) is 17.5 Å². The summed E-state index contributed by atoms with van der Waals surface area (Å²) < 4.78 is 2.26. The number of nitrogens with zero attached hydrogens (tertiary/aromatic N) is 4. The fraction of sp³-hybridized carbons (Fsp3) is 0.471. The van der Waals surface area contributed by atoms with Crippen molar-refractivity contribution >= 4 is 39.4 Å². The predicted molar refractivity (Wildman–Crippen MR) is 107 cm³/mol. The standard InChI is InChI=1S/C17H22N4OS3/c1-5-12(3)20(10-14-11(2)6-7-24-14)9-13-8-15(22)21-16(18-13)25-17(19-21)23-4/h6-8,12H,5,9-10H2,1-4H3. The van der Waals surface area contributed by atoms with Crippen LogP contribution in [0.15, 0.2) is 26.6 Å². The summed E-state index contributed by atoms with van der Waals surface area (Å²) in [7, 11) is 0. The molecule has 0 radical (unpaired) electrons. The molecule has 1 unspecified atom stereocenters. The van der Waals surface area contributed by atoms with Crippen molar-refractivity contribution in [1.82, 2.24) is 19.5 Å². The third kappa shape index (κ3) is 4.13. The van der Waals surface area contributed by atoms with Gasteiger partial charge in [0.05, 0.1) is 5.69 Å². The molecule has 0 spiro atoms.